The van der Waals surface area contributed by atoms with Crippen LogP contribution in [0.3, 0.4) is 0 Å². The number of aryl methyl sites for hydroxylation is 1. The van der Waals surface area contributed by atoms with Crippen molar-refractivity contribution in [3.05, 3.63) is 29.3 Å². The van der Waals surface area contributed by atoms with E-state index in [0.29, 0.717) is 0 Å². The third-order valence-electron chi connectivity index (χ3n) is 3.82. The summed E-state index contributed by atoms with van der Waals surface area (Å²) < 4.78 is 11.3. The Morgan fingerprint density at radius 1 is 1.47 bits per heavy atom. The van der Waals surface area contributed by atoms with Crippen LogP contribution in [-0.4, -0.2) is 35.9 Å². The van der Waals surface area contributed by atoms with E-state index in [1.807, 2.05) is 6.92 Å². The van der Waals surface area contributed by atoms with Crippen LogP contribution in [0.4, 0.5) is 5.69 Å². The smallest absolute Gasteiger partial charge is 0.0441 e. The maximum Gasteiger partial charge on any atom is 0.0441 e. The lowest BCUT2D eigenvalue weighted by Gasteiger charge is -2.27. The molecule has 0 aliphatic carbocycles. The molecule has 0 spiro atoms. The summed E-state index contributed by atoms with van der Waals surface area (Å²) >= 11 is 0. The van der Waals surface area contributed by atoms with E-state index in [2.05, 4.69) is 35.5 Å². The predicted molar refractivity (Wildman–Crippen MR) is 83.3 cm³/mol. The van der Waals surface area contributed by atoms with Crippen molar-refractivity contribution >= 4 is 16.5 Å². The van der Waals surface area contributed by atoms with E-state index < -0.39 is 10.8 Å². The SMILES string of the molecule is CC(CNCc1ccc2c(c1)CCCN2C)S(C)=O. The van der Waals surface area contributed by atoms with Gasteiger partial charge in [-0.25, -0.2) is 0 Å². The van der Waals surface area contributed by atoms with Gasteiger partial charge >= 0.3 is 0 Å². The number of anilines is 1. The maximum absolute atomic E-state index is 11.3. The Kier molecular flexibility index (Phi) is 4.99. The minimum Gasteiger partial charge on any atom is -0.374 e. The van der Waals surface area contributed by atoms with Gasteiger partial charge in [-0.05, 0) is 37.0 Å². The number of fused-ring (bicyclic) bond motifs is 1. The number of rotatable bonds is 5. The predicted octanol–water partition coefficient (Wildman–Crippen LogP) is 1.93. The van der Waals surface area contributed by atoms with Gasteiger partial charge in [0.15, 0.2) is 0 Å². The van der Waals surface area contributed by atoms with Gasteiger partial charge in [0.25, 0.3) is 0 Å². The Morgan fingerprint density at radius 3 is 3.00 bits per heavy atom. The second-order valence-electron chi connectivity index (χ2n) is 5.43. The average molecular weight is 280 g/mol. The topological polar surface area (TPSA) is 32.3 Å². The first kappa shape index (κ1) is 14.5. The van der Waals surface area contributed by atoms with Crippen molar-refractivity contribution in [3.8, 4) is 0 Å². The molecule has 2 rings (SSSR count). The third kappa shape index (κ3) is 3.80. The third-order valence-corrected chi connectivity index (χ3v) is 5.12. The fourth-order valence-corrected chi connectivity index (χ4v) is 2.84. The fourth-order valence-electron chi connectivity index (χ4n) is 2.49. The summed E-state index contributed by atoms with van der Waals surface area (Å²) in [6.07, 6.45) is 4.19. The molecule has 1 aromatic rings. The Morgan fingerprint density at radius 2 is 2.26 bits per heavy atom. The van der Waals surface area contributed by atoms with Gasteiger partial charge in [0, 0.05) is 54.7 Å². The van der Waals surface area contributed by atoms with E-state index in [1.54, 1.807) is 6.26 Å². The number of nitrogens with zero attached hydrogens (tertiary/aromatic N) is 1. The Bertz CT molecular complexity index is 461. The highest BCUT2D eigenvalue weighted by Crippen LogP contribution is 2.26. The number of benzene rings is 1. The summed E-state index contributed by atoms with van der Waals surface area (Å²) in [5.74, 6) is 0. The normalized spacial score (nSPS) is 17.9. The van der Waals surface area contributed by atoms with Gasteiger partial charge in [-0.15, -0.1) is 0 Å². The summed E-state index contributed by atoms with van der Waals surface area (Å²) in [6.45, 7) is 4.84. The molecule has 0 amide bonds. The highest BCUT2D eigenvalue weighted by Gasteiger charge is 2.13. The van der Waals surface area contributed by atoms with Gasteiger partial charge < -0.3 is 10.2 Å². The van der Waals surface area contributed by atoms with Crippen LogP contribution in [0.25, 0.3) is 0 Å². The molecule has 106 valence electrons. The minimum atomic E-state index is -0.744. The standard InChI is InChI=1S/C15H24N2OS/c1-12(19(3)18)10-16-11-13-6-7-15-14(9-13)5-4-8-17(15)2/h6-7,9,12,16H,4-5,8,10-11H2,1-3H3. The number of hydrogen-bond donors (Lipinski definition) is 1. The van der Waals surface area contributed by atoms with Crippen LogP contribution in [0.2, 0.25) is 0 Å². The molecule has 2 atom stereocenters. The molecule has 0 bridgehead atoms. The van der Waals surface area contributed by atoms with Crippen LogP contribution in [0.5, 0.6) is 0 Å². The van der Waals surface area contributed by atoms with Crippen molar-refractivity contribution in [2.75, 3.05) is 31.3 Å². The molecule has 0 aromatic heterocycles. The molecule has 0 radical (unpaired) electrons. The molecule has 4 heteroatoms. The van der Waals surface area contributed by atoms with Gasteiger partial charge in [-0.3, -0.25) is 4.21 Å². The molecule has 2 unspecified atom stereocenters. The molecule has 0 fully saturated rings. The van der Waals surface area contributed by atoms with Crippen molar-refractivity contribution in [2.45, 2.75) is 31.6 Å². The number of hydrogen-bond acceptors (Lipinski definition) is 3. The lowest BCUT2D eigenvalue weighted by Crippen LogP contribution is -2.27. The maximum atomic E-state index is 11.3. The van der Waals surface area contributed by atoms with Crippen molar-refractivity contribution in [3.63, 3.8) is 0 Å². The van der Waals surface area contributed by atoms with Crippen LogP contribution in [0.1, 0.15) is 24.5 Å². The lowest BCUT2D eigenvalue weighted by molar-refractivity contribution is 0.646. The second-order valence-corrected chi connectivity index (χ2v) is 7.23. The largest absolute Gasteiger partial charge is 0.374 e. The van der Waals surface area contributed by atoms with E-state index in [9.17, 15) is 4.21 Å². The first-order chi connectivity index (χ1) is 9.08. The van der Waals surface area contributed by atoms with Gasteiger partial charge in [-0.1, -0.05) is 12.1 Å². The van der Waals surface area contributed by atoms with Crippen LogP contribution < -0.4 is 10.2 Å². The molecule has 1 aromatic carbocycles. The van der Waals surface area contributed by atoms with Crippen molar-refractivity contribution in [2.24, 2.45) is 0 Å². The zero-order valence-electron chi connectivity index (χ0n) is 12.1. The molecular weight excluding hydrogens is 256 g/mol. The van der Waals surface area contributed by atoms with E-state index in [1.165, 1.54) is 29.7 Å². The van der Waals surface area contributed by atoms with Crippen LogP contribution >= 0.6 is 0 Å². The van der Waals surface area contributed by atoms with Gasteiger partial charge in [0.1, 0.15) is 0 Å². The zero-order valence-corrected chi connectivity index (χ0v) is 12.9. The van der Waals surface area contributed by atoms with E-state index in [0.717, 1.165) is 19.6 Å². The lowest BCUT2D eigenvalue weighted by atomic mass is 9.99. The fraction of sp³-hybridized carbons (Fsp3) is 0.600. The molecule has 1 aliphatic rings. The first-order valence-electron chi connectivity index (χ1n) is 6.94. The first-order valence-corrected chi connectivity index (χ1v) is 8.56. The van der Waals surface area contributed by atoms with Gasteiger partial charge in [0.05, 0.1) is 0 Å². The van der Waals surface area contributed by atoms with Crippen molar-refractivity contribution in [1.82, 2.24) is 5.32 Å². The highest BCUT2D eigenvalue weighted by molar-refractivity contribution is 7.84. The molecule has 19 heavy (non-hydrogen) atoms. The summed E-state index contributed by atoms with van der Waals surface area (Å²) in [6, 6.07) is 6.74. The van der Waals surface area contributed by atoms with Gasteiger partial charge in [0.2, 0.25) is 0 Å². The highest BCUT2D eigenvalue weighted by atomic mass is 32.2. The molecule has 3 nitrogen and oxygen atoms in total. The molecular formula is C15H24N2OS. The monoisotopic (exact) mass is 280 g/mol. The van der Waals surface area contributed by atoms with Crippen LogP contribution in [-0.2, 0) is 23.8 Å². The Balaban J connectivity index is 1.93. The van der Waals surface area contributed by atoms with Crippen LogP contribution in [0.15, 0.2) is 18.2 Å². The molecule has 1 heterocycles. The summed E-state index contributed by atoms with van der Waals surface area (Å²) in [7, 11) is 1.42. The quantitative estimate of drug-likeness (QED) is 0.894. The molecule has 0 saturated carbocycles. The van der Waals surface area contributed by atoms with Crippen molar-refractivity contribution in [1.29, 1.82) is 0 Å². The Labute approximate surface area is 118 Å². The summed E-state index contributed by atoms with van der Waals surface area (Å²) in [5, 5.41) is 3.61. The van der Waals surface area contributed by atoms with E-state index in [4.69, 9.17) is 0 Å². The van der Waals surface area contributed by atoms with E-state index in [-0.39, 0.29) is 5.25 Å². The van der Waals surface area contributed by atoms with Crippen LogP contribution in [0, 0.1) is 0 Å². The zero-order chi connectivity index (χ0) is 13.8. The van der Waals surface area contributed by atoms with E-state index >= 15 is 0 Å². The number of nitrogens with one attached hydrogen (secondary N) is 1. The molecule has 1 N–H and O–H groups in total. The second kappa shape index (κ2) is 6.53. The summed E-state index contributed by atoms with van der Waals surface area (Å²) in [5.41, 5.74) is 4.15. The average Bonchev–Trinajstić information content (AvgIpc) is 2.38. The Hall–Kier alpha value is -0.870. The minimum absolute atomic E-state index is 0.212. The molecule has 0 saturated heterocycles. The molecule has 1 aliphatic heterocycles. The van der Waals surface area contributed by atoms with Gasteiger partial charge in [-0.2, -0.15) is 0 Å². The van der Waals surface area contributed by atoms with Crippen molar-refractivity contribution < 1.29 is 4.21 Å². The summed E-state index contributed by atoms with van der Waals surface area (Å²) in [4.78, 5) is 2.33.